The van der Waals surface area contributed by atoms with Crippen LogP contribution in [0.1, 0.15) is 40.2 Å². The Morgan fingerprint density at radius 1 is 0.970 bits per heavy atom. The standard InChI is InChI=1S/C27H24ClN3OS/c1-16-12-17(2)14-20(13-16)31-26(25(30-27(31)33)22-6-4-5-11-29-22)24-10-9-23(32-24)19-8-7-18(3)21(28)15-19/h4-15,25-26H,1-3H3,(H,30,33)/t25-,26-/m0/s1. The summed E-state index contributed by atoms with van der Waals surface area (Å²) in [5, 5.41) is 4.86. The number of aromatic nitrogens is 1. The molecular weight excluding hydrogens is 450 g/mol. The summed E-state index contributed by atoms with van der Waals surface area (Å²) in [6.07, 6.45) is 1.80. The lowest BCUT2D eigenvalue weighted by Gasteiger charge is -2.26. The van der Waals surface area contributed by atoms with Gasteiger partial charge in [-0.25, -0.2) is 0 Å². The summed E-state index contributed by atoms with van der Waals surface area (Å²) in [7, 11) is 0. The molecule has 0 spiro atoms. The summed E-state index contributed by atoms with van der Waals surface area (Å²) in [6.45, 7) is 6.19. The number of rotatable bonds is 4. The lowest BCUT2D eigenvalue weighted by Crippen LogP contribution is -2.29. The van der Waals surface area contributed by atoms with Crippen molar-refractivity contribution >= 4 is 34.6 Å². The number of halogens is 1. The largest absolute Gasteiger partial charge is 0.459 e. The third-order valence-corrected chi connectivity index (χ3v) is 6.68. The normalized spacial score (nSPS) is 17.9. The highest BCUT2D eigenvalue weighted by molar-refractivity contribution is 7.80. The van der Waals surface area contributed by atoms with Gasteiger partial charge < -0.3 is 14.6 Å². The van der Waals surface area contributed by atoms with E-state index in [0.717, 1.165) is 39.1 Å². The van der Waals surface area contributed by atoms with E-state index in [-0.39, 0.29) is 12.1 Å². The number of pyridine rings is 1. The minimum Gasteiger partial charge on any atom is -0.459 e. The molecule has 2 aromatic heterocycles. The Morgan fingerprint density at radius 2 is 1.76 bits per heavy atom. The number of aryl methyl sites for hydroxylation is 3. The fraction of sp³-hybridized carbons (Fsp3) is 0.185. The fourth-order valence-corrected chi connectivity index (χ4v) is 4.95. The zero-order valence-corrected chi connectivity index (χ0v) is 20.2. The lowest BCUT2D eigenvalue weighted by molar-refractivity contribution is 0.439. The van der Waals surface area contributed by atoms with Gasteiger partial charge in [-0.2, -0.15) is 0 Å². The summed E-state index contributed by atoms with van der Waals surface area (Å²) in [4.78, 5) is 6.75. The summed E-state index contributed by atoms with van der Waals surface area (Å²) < 4.78 is 6.43. The van der Waals surface area contributed by atoms with Crippen LogP contribution in [-0.2, 0) is 0 Å². The third kappa shape index (κ3) is 4.14. The molecule has 1 fully saturated rings. The molecule has 4 aromatic rings. The Balaban J connectivity index is 1.61. The van der Waals surface area contributed by atoms with Crippen LogP contribution in [0.2, 0.25) is 5.02 Å². The van der Waals surface area contributed by atoms with E-state index in [0.29, 0.717) is 5.11 Å². The maximum atomic E-state index is 6.43. The average Bonchev–Trinajstić information content (AvgIpc) is 3.40. The second kappa shape index (κ2) is 8.65. The van der Waals surface area contributed by atoms with Gasteiger partial charge in [-0.1, -0.05) is 35.9 Å². The number of hydrogen-bond acceptors (Lipinski definition) is 3. The number of hydrogen-bond donors (Lipinski definition) is 1. The van der Waals surface area contributed by atoms with Gasteiger partial charge in [0.25, 0.3) is 0 Å². The van der Waals surface area contributed by atoms with E-state index in [9.17, 15) is 0 Å². The van der Waals surface area contributed by atoms with Gasteiger partial charge in [0.2, 0.25) is 0 Å². The summed E-state index contributed by atoms with van der Waals surface area (Å²) >= 11 is 12.2. The highest BCUT2D eigenvalue weighted by Crippen LogP contribution is 2.43. The van der Waals surface area contributed by atoms with Crippen LogP contribution in [-0.4, -0.2) is 10.1 Å². The predicted octanol–water partition coefficient (Wildman–Crippen LogP) is 7.10. The van der Waals surface area contributed by atoms with Crippen molar-refractivity contribution in [3.05, 3.63) is 106 Å². The quantitative estimate of drug-likeness (QED) is 0.320. The number of thiocarbonyl (C=S) groups is 1. The van der Waals surface area contributed by atoms with Crippen molar-refractivity contribution in [2.24, 2.45) is 0 Å². The Hall–Kier alpha value is -3.15. The van der Waals surface area contributed by atoms with Crippen molar-refractivity contribution in [3.63, 3.8) is 0 Å². The number of furan rings is 1. The van der Waals surface area contributed by atoms with E-state index in [1.54, 1.807) is 6.20 Å². The van der Waals surface area contributed by atoms with Gasteiger partial charge >= 0.3 is 0 Å². The summed E-state index contributed by atoms with van der Waals surface area (Å²) in [6, 6.07) is 22.0. The smallest absolute Gasteiger partial charge is 0.174 e. The summed E-state index contributed by atoms with van der Waals surface area (Å²) in [5.74, 6) is 1.58. The molecule has 0 bridgehead atoms. The van der Waals surface area contributed by atoms with E-state index in [2.05, 4.69) is 47.2 Å². The van der Waals surface area contributed by atoms with Crippen molar-refractivity contribution in [1.29, 1.82) is 0 Å². The van der Waals surface area contributed by atoms with E-state index >= 15 is 0 Å². The van der Waals surface area contributed by atoms with Gasteiger partial charge in [-0.05, 0) is 92.1 Å². The lowest BCUT2D eigenvalue weighted by atomic mass is 10.0. The fourth-order valence-electron chi connectivity index (χ4n) is 4.42. The highest BCUT2D eigenvalue weighted by Gasteiger charge is 2.42. The van der Waals surface area contributed by atoms with E-state index in [1.165, 1.54) is 11.1 Å². The van der Waals surface area contributed by atoms with Crippen LogP contribution >= 0.6 is 23.8 Å². The van der Waals surface area contributed by atoms with Crippen molar-refractivity contribution < 1.29 is 4.42 Å². The van der Waals surface area contributed by atoms with Crippen LogP contribution in [0.4, 0.5) is 5.69 Å². The number of anilines is 1. The van der Waals surface area contributed by atoms with E-state index < -0.39 is 0 Å². The molecule has 1 aliphatic rings. The first kappa shape index (κ1) is 21.7. The average molecular weight is 474 g/mol. The Bertz CT molecular complexity index is 1310. The van der Waals surface area contributed by atoms with Gasteiger partial charge in [0.1, 0.15) is 17.6 Å². The van der Waals surface area contributed by atoms with Crippen molar-refractivity contribution in [2.45, 2.75) is 32.9 Å². The SMILES string of the molecule is Cc1cc(C)cc(N2C(=S)N[C@@H](c3ccccn3)[C@@H]2c2ccc(-c3ccc(C)c(Cl)c3)o2)c1. The Kier molecular flexibility index (Phi) is 5.69. The first-order valence-corrected chi connectivity index (χ1v) is 11.6. The zero-order chi connectivity index (χ0) is 23.1. The van der Waals surface area contributed by atoms with Crippen LogP contribution in [0.5, 0.6) is 0 Å². The van der Waals surface area contributed by atoms with Crippen LogP contribution in [0.3, 0.4) is 0 Å². The minimum absolute atomic E-state index is 0.153. The van der Waals surface area contributed by atoms with Crippen molar-refractivity contribution in [3.8, 4) is 11.3 Å². The second-order valence-corrected chi connectivity index (χ2v) is 9.30. The topological polar surface area (TPSA) is 41.3 Å². The van der Waals surface area contributed by atoms with E-state index in [1.807, 2.05) is 55.5 Å². The second-order valence-electron chi connectivity index (χ2n) is 8.51. The number of nitrogens with zero attached hydrogens (tertiary/aromatic N) is 2. The maximum Gasteiger partial charge on any atom is 0.174 e. The van der Waals surface area contributed by atoms with Gasteiger partial charge in [0.15, 0.2) is 5.11 Å². The van der Waals surface area contributed by atoms with Crippen LogP contribution in [0, 0.1) is 20.8 Å². The molecule has 1 aliphatic heterocycles. The van der Waals surface area contributed by atoms with Crippen LogP contribution in [0.15, 0.2) is 77.3 Å². The molecule has 2 aromatic carbocycles. The molecule has 0 unspecified atom stereocenters. The molecular formula is C27H24ClN3OS. The summed E-state index contributed by atoms with van der Waals surface area (Å²) in [5.41, 5.74) is 6.29. The predicted molar refractivity (Wildman–Crippen MR) is 138 cm³/mol. The van der Waals surface area contributed by atoms with E-state index in [4.69, 9.17) is 28.2 Å². The molecule has 0 saturated carbocycles. The molecule has 4 nitrogen and oxygen atoms in total. The van der Waals surface area contributed by atoms with Gasteiger partial charge in [-0.15, -0.1) is 0 Å². The molecule has 1 saturated heterocycles. The maximum absolute atomic E-state index is 6.43. The highest BCUT2D eigenvalue weighted by atomic mass is 35.5. The molecule has 3 heterocycles. The number of benzene rings is 2. The first-order valence-electron chi connectivity index (χ1n) is 10.9. The molecule has 6 heteroatoms. The Labute approximate surface area is 204 Å². The van der Waals surface area contributed by atoms with Crippen LogP contribution < -0.4 is 10.2 Å². The molecule has 1 N–H and O–H groups in total. The van der Waals surface area contributed by atoms with Crippen molar-refractivity contribution in [2.75, 3.05) is 4.90 Å². The van der Waals surface area contributed by atoms with Gasteiger partial charge in [-0.3, -0.25) is 4.98 Å². The number of nitrogens with one attached hydrogen (secondary N) is 1. The zero-order valence-electron chi connectivity index (χ0n) is 18.7. The molecule has 0 amide bonds. The molecule has 5 rings (SSSR count). The third-order valence-electron chi connectivity index (χ3n) is 5.96. The molecule has 0 aliphatic carbocycles. The van der Waals surface area contributed by atoms with Crippen molar-refractivity contribution in [1.82, 2.24) is 10.3 Å². The van der Waals surface area contributed by atoms with Gasteiger partial charge in [0, 0.05) is 22.5 Å². The molecule has 33 heavy (non-hydrogen) atoms. The Morgan fingerprint density at radius 3 is 2.45 bits per heavy atom. The van der Waals surface area contributed by atoms with Crippen LogP contribution in [0.25, 0.3) is 11.3 Å². The molecule has 2 atom stereocenters. The van der Waals surface area contributed by atoms with Gasteiger partial charge in [0.05, 0.1) is 11.7 Å². The molecule has 0 radical (unpaired) electrons. The first-order chi connectivity index (χ1) is 15.9. The minimum atomic E-state index is -0.191. The molecule has 166 valence electrons. The monoisotopic (exact) mass is 473 g/mol.